The Morgan fingerprint density at radius 1 is 1.13 bits per heavy atom. The maximum atomic E-state index is 12.6. The Morgan fingerprint density at radius 2 is 1.67 bits per heavy atom. The first-order valence-corrected chi connectivity index (χ1v) is 11.6. The summed E-state index contributed by atoms with van der Waals surface area (Å²) in [5.74, 6) is 0.751. The number of nitrogens with zero attached hydrogens (tertiary/aromatic N) is 3. The fourth-order valence-corrected chi connectivity index (χ4v) is 4.53. The Morgan fingerprint density at radius 3 is 2.10 bits per heavy atom. The van der Waals surface area contributed by atoms with Crippen LogP contribution in [0.1, 0.15) is 47.0 Å². The van der Waals surface area contributed by atoms with E-state index in [1.54, 1.807) is 7.05 Å². The van der Waals surface area contributed by atoms with Gasteiger partial charge in [0.2, 0.25) is 0 Å². The summed E-state index contributed by atoms with van der Waals surface area (Å²) in [6.45, 7) is 10.8. The minimum absolute atomic E-state index is 0. The van der Waals surface area contributed by atoms with Crippen molar-refractivity contribution in [2.24, 2.45) is 10.9 Å². The topological polar surface area (TPSA) is 77.0 Å². The molecular weight excluding hydrogens is 534 g/mol. The molecule has 0 bridgehead atoms. The SMILES string of the molecule is CN=C(NCCCN(C(C)C)C(C)C)NCC1CCN(S(=O)(=O)C(F)(F)F)CC1.I. The predicted octanol–water partition coefficient (Wildman–Crippen LogP) is 2.84. The molecule has 0 aromatic carbocycles. The number of rotatable bonds is 9. The Kier molecular flexibility index (Phi) is 13.1. The Labute approximate surface area is 196 Å². The van der Waals surface area contributed by atoms with E-state index in [9.17, 15) is 21.6 Å². The van der Waals surface area contributed by atoms with Gasteiger partial charge >= 0.3 is 15.5 Å². The van der Waals surface area contributed by atoms with Gasteiger partial charge < -0.3 is 10.6 Å². The van der Waals surface area contributed by atoms with Crippen LogP contribution >= 0.6 is 24.0 Å². The molecule has 2 N–H and O–H groups in total. The molecule has 180 valence electrons. The van der Waals surface area contributed by atoms with Gasteiger partial charge in [0.05, 0.1) is 0 Å². The molecule has 0 spiro atoms. The van der Waals surface area contributed by atoms with Crippen molar-refractivity contribution in [3.8, 4) is 0 Å². The van der Waals surface area contributed by atoms with Crippen LogP contribution in [0, 0.1) is 5.92 Å². The van der Waals surface area contributed by atoms with Crippen molar-refractivity contribution in [2.75, 3.05) is 39.8 Å². The van der Waals surface area contributed by atoms with Crippen molar-refractivity contribution in [3.05, 3.63) is 0 Å². The number of aliphatic imine (C=N–C) groups is 1. The summed E-state index contributed by atoms with van der Waals surface area (Å²) in [4.78, 5) is 6.59. The molecule has 0 saturated carbocycles. The molecule has 30 heavy (non-hydrogen) atoms. The van der Waals surface area contributed by atoms with Crippen LogP contribution in [0.2, 0.25) is 0 Å². The fraction of sp³-hybridized carbons (Fsp3) is 0.944. The number of hydrogen-bond acceptors (Lipinski definition) is 4. The summed E-state index contributed by atoms with van der Waals surface area (Å²) in [7, 11) is -3.55. The highest BCUT2D eigenvalue weighted by atomic mass is 127. The second-order valence-corrected chi connectivity index (χ2v) is 9.88. The summed E-state index contributed by atoms with van der Waals surface area (Å²) in [5, 5.41) is 6.44. The second kappa shape index (κ2) is 13.3. The Bertz CT molecular complexity index is 614. The van der Waals surface area contributed by atoms with Crippen LogP contribution in [0.4, 0.5) is 13.2 Å². The molecule has 0 aliphatic carbocycles. The largest absolute Gasteiger partial charge is 0.511 e. The average Bonchev–Trinajstić information content (AvgIpc) is 2.62. The highest BCUT2D eigenvalue weighted by Crippen LogP contribution is 2.30. The van der Waals surface area contributed by atoms with E-state index in [0.29, 0.717) is 41.7 Å². The van der Waals surface area contributed by atoms with Crippen LogP contribution in [0.5, 0.6) is 0 Å². The summed E-state index contributed by atoms with van der Waals surface area (Å²) in [5.41, 5.74) is -5.23. The monoisotopic (exact) mass is 571 g/mol. The average molecular weight is 571 g/mol. The summed E-state index contributed by atoms with van der Waals surface area (Å²) in [6, 6.07) is 0.971. The predicted molar refractivity (Wildman–Crippen MR) is 126 cm³/mol. The minimum atomic E-state index is -5.23. The van der Waals surface area contributed by atoms with E-state index < -0.39 is 15.5 Å². The number of guanidine groups is 1. The van der Waals surface area contributed by atoms with Crippen molar-refractivity contribution < 1.29 is 21.6 Å². The second-order valence-electron chi connectivity index (χ2n) is 7.95. The lowest BCUT2D eigenvalue weighted by Crippen LogP contribution is -2.47. The third-order valence-corrected chi connectivity index (χ3v) is 6.83. The highest BCUT2D eigenvalue weighted by Gasteiger charge is 2.50. The number of alkyl halides is 3. The molecule has 1 aliphatic rings. The maximum absolute atomic E-state index is 12.6. The van der Waals surface area contributed by atoms with E-state index in [2.05, 4.69) is 48.2 Å². The zero-order valence-electron chi connectivity index (χ0n) is 18.5. The fourth-order valence-electron chi connectivity index (χ4n) is 3.54. The molecule has 0 aromatic heterocycles. The first-order chi connectivity index (χ1) is 13.4. The third kappa shape index (κ3) is 9.03. The molecule has 1 heterocycles. The lowest BCUT2D eigenvalue weighted by Gasteiger charge is -2.32. The van der Waals surface area contributed by atoms with Crippen LogP contribution in [0.15, 0.2) is 4.99 Å². The van der Waals surface area contributed by atoms with Crippen molar-refractivity contribution >= 4 is 40.0 Å². The van der Waals surface area contributed by atoms with E-state index >= 15 is 0 Å². The van der Waals surface area contributed by atoms with Crippen LogP contribution < -0.4 is 10.6 Å². The molecule has 0 unspecified atom stereocenters. The van der Waals surface area contributed by atoms with E-state index in [1.807, 2.05) is 0 Å². The Balaban J connectivity index is 0.00000841. The molecule has 1 aliphatic heterocycles. The van der Waals surface area contributed by atoms with Gasteiger partial charge in [-0.1, -0.05) is 0 Å². The molecule has 7 nitrogen and oxygen atoms in total. The molecule has 1 fully saturated rings. The summed E-state index contributed by atoms with van der Waals surface area (Å²) in [6.07, 6.45) is 1.73. The normalized spacial score (nSPS) is 17.5. The summed E-state index contributed by atoms with van der Waals surface area (Å²) >= 11 is 0. The van der Waals surface area contributed by atoms with Gasteiger partial charge in [-0.25, -0.2) is 8.42 Å². The third-order valence-electron chi connectivity index (χ3n) is 5.20. The molecule has 1 saturated heterocycles. The smallest absolute Gasteiger partial charge is 0.356 e. The number of nitrogens with one attached hydrogen (secondary N) is 2. The maximum Gasteiger partial charge on any atom is 0.511 e. The van der Waals surface area contributed by atoms with E-state index in [0.717, 1.165) is 19.5 Å². The van der Waals surface area contributed by atoms with Crippen LogP contribution in [0.3, 0.4) is 0 Å². The number of piperidine rings is 1. The van der Waals surface area contributed by atoms with Gasteiger partial charge in [0.25, 0.3) is 0 Å². The van der Waals surface area contributed by atoms with E-state index in [1.165, 1.54) is 0 Å². The zero-order valence-corrected chi connectivity index (χ0v) is 21.6. The molecule has 0 amide bonds. The van der Waals surface area contributed by atoms with Gasteiger partial charge in [0, 0.05) is 51.9 Å². The lowest BCUT2D eigenvalue weighted by molar-refractivity contribution is -0.0496. The van der Waals surface area contributed by atoms with Gasteiger partial charge in [0.15, 0.2) is 5.96 Å². The van der Waals surface area contributed by atoms with Gasteiger partial charge in [-0.05, 0) is 52.9 Å². The summed E-state index contributed by atoms with van der Waals surface area (Å²) < 4.78 is 61.3. The van der Waals surface area contributed by atoms with Gasteiger partial charge in [-0.3, -0.25) is 9.89 Å². The van der Waals surface area contributed by atoms with E-state index in [4.69, 9.17) is 0 Å². The zero-order chi connectivity index (χ0) is 22.2. The molecule has 0 atom stereocenters. The van der Waals surface area contributed by atoms with Crippen LogP contribution in [0.25, 0.3) is 0 Å². The Hall–Kier alpha value is -0.340. The van der Waals surface area contributed by atoms with E-state index in [-0.39, 0.29) is 43.0 Å². The van der Waals surface area contributed by atoms with Gasteiger partial charge in [-0.15, -0.1) is 24.0 Å². The number of halogens is 4. The molecule has 0 radical (unpaired) electrons. The minimum Gasteiger partial charge on any atom is -0.356 e. The first kappa shape index (κ1) is 29.7. The first-order valence-electron chi connectivity index (χ1n) is 10.2. The highest BCUT2D eigenvalue weighted by molar-refractivity contribution is 14.0. The van der Waals surface area contributed by atoms with Crippen molar-refractivity contribution in [1.82, 2.24) is 19.8 Å². The quantitative estimate of drug-likeness (QED) is 0.193. The molecule has 1 rings (SSSR count). The van der Waals surface area contributed by atoms with Crippen molar-refractivity contribution in [3.63, 3.8) is 0 Å². The van der Waals surface area contributed by atoms with Crippen LogP contribution in [-0.4, -0.2) is 80.9 Å². The van der Waals surface area contributed by atoms with Gasteiger partial charge in [0.1, 0.15) is 0 Å². The standard InChI is InChI=1S/C18H36F3N5O2S.HI/c1-14(2)26(15(3)4)10-6-9-23-17(22-5)24-13-16-7-11-25(12-8-16)29(27,28)18(19,20)21;/h14-16H,6-13H2,1-5H3,(H2,22,23,24);1H. The number of sulfonamides is 1. The number of hydrogen-bond donors (Lipinski definition) is 2. The molecular formula is C18H37F3IN5O2S. The molecule has 0 aromatic rings. The lowest BCUT2D eigenvalue weighted by atomic mass is 9.98. The molecule has 12 heteroatoms. The van der Waals surface area contributed by atoms with Gasteiger partial charge in [-0.2, -0.15) is 17.5 Å². The van der Waals surface area contributed by atoms with Crippen molar-refractivity contribution in [2.45, 2.75) is 64.5 Å². The van der Waals surface area contributed by atoms with Crippen LogP contribution in [-0.2, 0) is 10.0 Å². The van der Waals surface area contributed by atoms with Crippen molar-refractivity contribution in [1.29, 1.82) is 0 Å².